The number of hydrogen-bond donors (Lipinski definition) is 0. The molecule has 116 valence electrons. The first-order chi connectivity index (χ1) is 9.59. The van der Waals surface area contributed by atoms with Gasteiger partial charge in [0, 0.05) is 24.5 Å². The van der Waals surface area contributed by atoms with Gasteiger partial charge in [0.1, 0.15) is 0 Å². The normalized spacial score (nSPS) is 12.4. The Morgan fingerprint density at radius 2 is 1.95 bits per heavy atom. The highest BCUT2D eigenvalue weighted by molar-refractivity contribution is 7.89. The van der Waals surface area contributed by atoms with Crippen LogP contribution in [0.1, 0.15) is 32.8 Å². The number of benzene rings is 1. The van der Waals surface area contributed by atoms with E-state index in [4.69, 9.17) is 16.9 Å². The van der Waals surface area contributed by atoms with Gasteiger partial charge < -0.3 is 0 Å². The van der Waals surface area contributed by atoms with E-state index < -0.39 is 10.0 Å². The molecule has 0 aliphatic heterocycles. The molecule has 4 nitrogen and oxygen atoms in total. The minimum atomic E-state index is -3.66. The Morgan fingerprint density at radius 1 is 1.33 bits per heavy atom. The molecule has 0 amide bonds. The van der Waals surface area contributed by atoms with Crippen LogP contribution in [0.15, 0.2) is 23.1 Å². The summed E-state index contributed by atoms with van der Waals surface area (Å²) in [5.74, 6) is 0. The Labute approximate surface area is 132 Å². The van der Waals surface area contributed by atoms with Gasteiger partial charge in [0.2, 0.25) is 10.0 Å². The fourth-order valence-corrected chi connectivity index (χ4v) is 4.14. The molecule has 21 heavy (non-hydrogen) atoms. The molecule has 0 spiro atoms. The van der Waals surface area contributed by atoms with E-state index in [9.17, 15) is 8.42 Å². The fourth-order valence-electron chi connectivity index (χ4n) is 1.99. The first kappa shape index (κ1) is 18.0. The van der Waals surface area contributed by atoms with E-state index >= 15 is 0 Å². The number of rotatable bonds is 5. The van der Waals surface area contributed by atoms with Gasteiger partial charge in [0.25, 0.3) is 0 Å². The van der Waals surface area contributed by atoms with Gasteiger partial charge in [0.15, 0.2) is 0 Å². The highest BCUT2D eigenvalue weighted by atomic mass is 35.5. The highest BCUT2D eigenvalue weighted by Crippen LogP contribution is 2.27. The summed E-state index contributed by atoms with van der Waals surface area (Å²) in [7, 11) is -3.66. The Balaban J connectivity index is 3.27. The van der Waals surface area contributed by atoms with Crippen LogP contribution in [0.5, 0.6) is 0 Å². The Bertz CT molecular complexity index is 643. The molecular formula is C15H21ClN2O2S. The van der Waals surface area contributed by atoms with Crippen LogP contribution in [0.2, 0.25) is 5.02 Å². The van der Waals surface area contributed by atoms with Crippen molar-refractivity contribution in [3.05, 3.63) is 28.8 Å². The summed E-state index contributed by atoms with van der Waals surface area (Å²) < 4.78 is 27.1. The van der Waals surface area contributed by atoms with Gasteiger partial charge in [0.05, 0.1) is 11.0 Å². The summed E-state index contributed by atoms with van der Waals surface area (Å²) in [5, 5.41) is 9.18. The van der Waals surface area contributed by atoms with Crippen LogP contribution >= 0.6 is 11.6 Å². The van der Waals surface area contributed by atoms with E-state index in [2.05, 4.69) is 0 Å². The summed E-state index contributed by atoms with van der Waals surface area (Å²) in [6, 6.07) is 6.85. The molecule has 0 radical (unpaired) electrons. The molecule has 1 rings (SSSR count). The third kappa shape index (κ3) is 4.70. The first-order valence-electron chi connectivity index (χ1n) is 6.72. The zero-order valence-electron chi connectivity index (χ0n) is 12.9. The van der Waals surface area contributed by atoms with Crippen LogP contribution in [-0.2, 0) is 10.0 Å². The molecule has 6 heteroatoms. The molecule has 0 bridgehead atoms. The van der Waals surface area contributed by atoms with E-state index in [1.807, 2.05) is 26.8 Å². The molecule has 0 N–H and O–H groups in total. The molecule has 0 aliphatic rings. The van der Waals surface area contributed by atoms with E-state index in [-0.39, 0.29) is 23.3 Å². The average molecular weight is 329 g/mol. The van der Waals surface area contributed by atoms with Gasteiger partial charge in [-0.2, -0.15) is 9.57 Å². The predicted octanol–water partition coefficient (Wildman–Crippen LogP) is 3.60. The molecule has 0 saturated carbocycles. The third-order valence-corrected chi connectivity index (χ3v) is 5.36. The lowest BCUT2D eigenvalue weighted by atomic mass is 9.97. The van der Waals surface area contributed by atoms with Gasteiger partial charge in [-0.3, -0.25) is 0 Å². The monoisotopic (exact) mass is 328 g/mol. The maximum absolute atomic E-state index is 12.8. The van der Waals surface area contributed by atoms with Crippen LogP contribution < -0.4 is 0 Å². The molecule has 0 fully saturated rings. The molecule has 0 aromatic heterocycles. The third-order valence-electron chi connectivity index (χ3n) is 2.96. The Hall–Kier alpha value is -1.09. The van der Waals surface area contributed by atoms with Crippen LogP contribution in [0.3, 0.4) is 0 Å². The van der Waals surface area contributed by atoms with Crippen LogP contribution in [0.25, 0.3) is 0 Å². The van der Waals surface area contributed by atoms with E-state index in [0.717, 1.165) is 0 Å². The van der Waals surface area contributed by atoms with Gasteiger partial charge in [-0.1, -0.05) is 38.4 Å². The average Bonchev–Trinajstić information content (AvgIpc) is 2.36. The van der Waals surface area contributed by atoms with Crippen molar-refractivity contribution in [3.63, 3.8) is 0 Å². The largest absolute Gasteiger partial charge is 0.243 e. The molecule has 0 unspecified atom stereocenters. The van der Waals surface area contributed by atoms with E-state index in [0.29, 0.717) is 17.1 Å². The number of nitriles is 1. The van der Waals surface area contributed by atoms with Crippen LogP contribution in [0, 0.1) is 23.7 Å². The predicted molar refractivity (Wildman–Crippen MR) is 84.6 cm³/mol. The molecule has 0 heterocycles. The highest BCUT2D eigenvalue weighted by Gasteiger charge is 2.29. The van der Waals surface area contributed by atoms with Crippen molar-refractivity contribution in [2.24, 2.45) is 5.41 Å². The lowest BCUT2D eigenvalue weighted by Crippen LogP contribution is -2.38. The summed E-state index contributed by atoms with van der Waals surface area (Å²) in [5.41, 5.74) is 0.338. The maximum atomic E-state index is 12.8. The topological polar surface area (TPSA) is 61.2 Å². The summed E-state index contributed by atoms with van der Waals surface area (Å²) in [6.45, 7) is 8.12. The summed E-state index contributed by atoms with van der Waals surface area (Å²) in [4.78, 5) is 0.206. The van der Waals surface area contributed by atoms with Crippen molar-refractivity contribution in [1.82, 2.24) is 4.31 Å². The molecule has 1 aromatic carbocycles. The zero-order valence-corrected chi connectivity index (χ0v) is 14.4. The summed E-state index contributed by atoms with van der Waals surface area (Å²) in [6.07, 6.45) is 0.162. The number of nitrogens with zero attached hydrogens (tertiary/aromatic N) is 2. The van der Waals surface area contributed by atoms with Crippen molar-refractivity contribution in [2.45, 2.75) is 39.0 Å². The first-order valence-corrected chi connectivity index (χ1v) is 8.53. The number of sulfonamides is 1. The zero-order chi connectivity index (χ0) is 16.3. The lowest BCUT2D eigenvalue weighted by Gasteiger charge is -2.29. The Morgan fingerprint density at radius 3 is 2.48 bits per heavy atom. The summed E-state index contributed by atoms with van der Waals surface area (Å²) >= 11 is 6.03. The second-order valence-electron chi connectivity index (χ2n) is 6.17. The SMILES string of the molecule is Cc1c(Cl)cccc1S(=O)(=O)N(CCC#N)CC(C)(C)C. The van der Waals surface area contributed by atoms with Crippen LogP contribution in [-0.4, -0.2) is 25.8 Å². The Kier molecular flexibility index (Phi) is 5.80. The molecule has 0 saturated heterocycles. The lowest BCUT2D eigenvalue weighted by molar-refractivity contribution is 0.284. The van der Waals surface area contributed by atoms with Gasteiger partial charge in [-0.05, 0) is 30.0 Å². The molecule has 1 aromatic rings. The van der Waals surface area contributed by atoms with Crippen molar-refractivity contribution in [2.75, 3.05) is 13.1 Å². The van der Waals surface area contributed by atoms with Gasteiger partial charge in [-0.25, -0.2) is 8.42 Å². The number of hydrogen-bond acceptors (Lipinski definition) is 3. The van der Waals surface area contributed by atoms with Crippen molar-refractivity contribution >= 4 is 21.6 Å². The maximum Gasteiger partial charge on any atom is 0.243 e. The number of halogens is 1. The smallest absolute Gasteiger partial charge is 0.207 e. The second-order valence-corrected chi connectivity index (χ2v) is 8.48. The van der Waals surface area contributed by atoms with Crippen molar-refractivity contribution in [3.8, 4) is 6.07 Å². The van der Waals surface area contributed by atoms with E-state index in [1.54, 1.807) is 25.1 Å². The molecular weight excluding hydrogens is 308 g/mol. The van der Waals surface area contributed by atoms with Gasteiger partial charge >= 0.3 is 0 Å². The standard InChI is InChI=1S/C15H21ClN2O2S/c1-12-13(16)7-5-8-14(12)21(19,20)18(10-6-9-17)11-15(2,3)4/h5,7-8H,6,10-11H2,1-4H3. The molecule has 0 aliphatic carbocycles. The minimum Gasteiger partial charge on any atom is -0.207 e. The quantitative estimate of drug-likeness (QED) is 0.829. The van der Waals surface area contributed by atoms with Crippen LogP contribution in [0.4, 0.5) is 0 Å². The fraction of sp³-hybridized carbons (Fsp3) is 0.533. The molecule has 0 atom stereocenters. The van der Waals surface area contributed by atoms with Gasteiger partial charge in [-0.15, -0.1) is 0 Å². The second kappa shape index (κ2) is 6.78. The van der Waals surface area contributed by atoms with Crippen molar-refractivity contribution < 1.29 is 8.42 Å². The van der Waals surface area contributed by atoms with E-state index in [1.165, 1.54) is 4.31 Å². The van der Waals surface area contributed by atoms with Crippen molar-refractivity contribution in [1.29, 1.82) is 5.26 Å². The minimum absolute atomic E-state index is 0.162.